The third kappa shape index (κ3) is 3.71. The Labute approximate surface area is 161 Å². The molecule has 27 heavy (non-hydrogen) atoms. The molecular formula is C22H17ClN2O2. The van der Waals surface area contributed by atoms with Gasteiger partial charge < -0.3 is 4.74 Å². The minimum Gasteiger partial charge on any atom is -0.492 e. The number of halogens is 1. The molecule has 0 saturated carbocycles. The van der Waals surface area contributed by atoms with Gasteiger partial charge in [-0.15, -0.1) is 0 Å². The molecule has 0 amide bonds. The van der Waals surface area contributed by atoms with Gasteiger partial charge in [0.25, 0.3) is 5.56 Å². The molecule has 0 spiro atoms. The van der Waals surface area contributed by atoms with E-state index in [9.17, 15) is 4.79 Å². The fourth-order valence-corrected chi connectivity index (χ4v) is 3.09. The van der Waals surface area contributed by atoms with E-state index in [1.807, 2.05) is 60.7 Å². The zero-order valence-electron chi connectivity index (χ0n) is 14.5. The van der Waals surface area contributed by atoms with Gasteiger partial charge in [-0.05, 0) is 48.5 Å². The molecule has 4 nitrogen and oxygen atoms in total. The summed E-state index contributed by atoms with van der Waals surface area (Å²) in [6.07, 6.45) is 0. The van der Waals surface area contributed by atoms with Crippen LogP contribution in [-0.4, -0.2) is 16.2 Å². The third-order valence-electron chi connectivity index (χ3n) is 4.29. The number of hydrogen-bond acceptors (Lipinski definition) is 3. The van der Waals surface area contributed by atoms with Crippen LogP contribution in [0.1, 0.15) is 0 Å². The second-order valence-electron chi connectivity index (χ2n) is 6.08. The van der Waals surface area contributed by atoms with E-state index in [2.05, 4.69) is 0 Å². The Balaban J connectivity index is 1.74. The number of hydrogen-bond donors (Lipinski definition) is 0. The lowest BCUT2D eigenvalue weighted by atomic mass is 10.2. The Hall–Kier alpha value is -3.11. The van der Waals surface area contributed by atoms with Crippen LogP contribution >= 0.6 is 11.6 Å². The van der Waals surface area contributed by atoms with Gasteiger partial charge in [-0.2, -0.15) is 0 Å². The van der Waals surface area contributed by atoms with Crippen molar-refractivity contribution in [2.24, 2.45) is 0 Å². The van der Waals surface area contributed by atoms with Crippen molar-refractivity contribution >= 4 is 22.5 Å². The lowest BCUT2D eigenvalue weighted by Gasteiger charge is -2.14. The van der Waals surface area contributed by atoms with Crippen LogP contribution in [0.5, 0.6) is 5.75 Å². The quantitative estimate of drug-likeness (QED) is 0.502. The topological polar surface area (TPSA) is 44.1 Å². The molecule has 1 aromatic heterocycles. The number of para-hydroxylation sites is 2. The molecule has 1 heterocycles. The van der Waals surface area contributed by atoms with Gasteiger partial charge in [-0.25, -0.2) is 4.98 Å². The lowest BCUT2D eigenvalue weighted by Crippen LogP contribution is -2.26. The molecule has 0 bridgehead atoms. The van der Waals surface area contributed by atoms with E-state index in [-0.39, 0.29) is 5.56 Å². The van der Waals surface area contributed by atoms with Gasteiger partial charge in [0, 0.05) is 10.6 Å². The Bertz CT molecular complexity index is 1120. The third-order valence-corrected chi connectivity index (χ3v) is 4.54. The zero-order valence-corrected chi connectivity index (χ0v) is 15.3. The molecule has 0 atom stereocenters. The largest absolute Gasteiger partial charge is 0.492 e. The molecule has 4 aromatic rings. The highest BCUT2D eigenvalue weighted by Crippen LogP contribution is 2.21. The van der Waals surface area contributed by atoms with Crippen molar-refractivity contribution in [1.82, 2.24) is 9.55 Å². The molecule has 4 rings (SSSR count). The first-order valence-electron chi connectivity index (χ1n) is 8.66. The highest BCUT2D eigenvalue weighted by molar-refractivity contribution is 6.30. The summed E-state index contributed by atoms with van der Waals surface area (Å²) < 4.78 is 7.44. The lowest BCUT2D eigenvalue weighted by molar-refractivity contribution is 0.297. The first-order chi connectivity index (χ1) is 13.2. The first-order valence-corrected chi connectivity index (χ1v) is 9.03. The predicted octanol–water partition coefficient (Wildman–Crippen LogP) is 4.80. The number of fused-ring (bicyclic) bond motifs is 1. The van der Waals surface area contributed by atoms with Crippen LogP contribution in [0, 0.1) is 0 Å². The normalized spacial score (nSPS) is 10.9. The van der Waals surface area contributed by atoms with E-state index in [4.69, 9.17) is 21.3 Å². The molecule has 0 saturated heterocycles. The zero-order chi connectivity index (χ0) is 18.6. The molecule has 0 aliphatic rings. The molecule has 0 aliphatic heterocycles. The molecule has 0 aliphatic carbocycles. The number of aromatic nitrogens is 2. The van der Waals surface area contributed by atoms with Crippen molar-refractivity contribution in [3.63, 3.8) is 0 Å². The van der Waals surface area contributed by atoms with Gasteiger partial charge >= 0.3 is 0 Å². The first kappa shape index (κ1) is 17.3. The van der Waals surface area contributed by atoms with Gasteiger partial charge in [0.1, 0.15) is 18.2 Å². The number of rotatable bonds is 5. The average Bonchev–Trinajstić information content (AvgIpc) is 2.71. The average molecular weight is 377 g/mol. The maximum absolute atomic E-state index is 13.1. The molecule has 0 fully saturated rings. The van der Waals surface area contributed by atoms with Gasteiger partial charge in [0.05, 0.1) is 17.4 Å². The van der Waals surface area contributed by atoms with E-state index in [1.54, 1.807) is 22.8 Å². The minimum atomic E-state index is -0.0813. The predicted molar refractivity (Wildman–Crippen MR) is 108 cm³/mol. The molecule has 134 valence electrons. The Kier molecular flexibility index (Phi) is 4.90. The second kappa shape index (κ2) is 7.64. The number of benzene rings is 3. The molecule has 0 unspecified atom stereocenters. The van der Waals surface area contributed by atoms with Crippen molar-refractivity contribution in [2.45, 2.75) is 6.54 Å². The molecule has 0 radical (unpaired) electrons. The van der Waals surface area contributed by atoms with Gasteiger partial charge in [-0.3, -0.25) is 9.36 Å². The van der Waals surface area contributed by atoms with E-state index in [0.717, 1.165) is 11.3 Å². The van der Waals surface area contributed by atoms with Crippen LogP contribution in [0.15, 0.2) is 83.7 Å². The van der Waals surface area contributed by atoms with E-state index in [1.165, 1.54) is 0 Å². The molecule has 0 N–H and O–H groups in total. The van der Waals surface area contributed by atoms with Crippen molar-refractivity contribution < 1.29 is 4.74 Å². The van der Waals surface area contributed by atoms with Crippen LogP contribution in [0.25, 0.3) is 22.3 Å². The van der Waals surface area contributed by atoms with Crippen molar-refractivity contribution in [3.05, 3.63) is 94.2 Å². The summed E-state index contributed by atoms with van der Waals surface area (Å²) in [5, 5.41) is 1.23. The smallest absolute Gasteiger partial charge is 0.261 e. The highest BCUT2D eigenvalue weighted by Gasteiger charge is 2.13. The summed E-state index contributed by atoms with van der Waals surface area (Å²) in [6.45, 7) is 0.758. The Morgan fingerprint density at radius 1 is 0.889 bits per heavy atom. The van der Waals surface area contributed by atoms with Gasteiger partial charge in [0.2, 0.25) is 0 Å². The Morgan fingerprint density at radius 3 is 2.37 bits per heavy atom. The SMILES string of the molecule is O=c1c2ccccc2nc(-c2ccc(Cl)cc2)n1CCOc1ccccc1. The van der Waals surface area contributed by atoms with Crippen LogP contribution in [0.2, 0.25) is 5.02 Å². The highest BCUT2D eigenvalue weighted by atomic mass is 35.5. The fourth-order valence-electron chi connectivity index (χ4n) is 2.97. The van der Waals surface area contributed by atoms with E-state index < -0.39 is 0 Å². The maximum Gasteiger partial charge on any atom is 0.261 e. The summed E-state index contributed by atoms with van der Waals surface area (Å²) >= 11 is 6.01. The van der Waals surface area contributed by atoms with E-state index in [0.29, 0.717) is 34.9 Å². The van der Waals surface area contributed by atoms with Crippen LogP contribution < -0.4 is 10.3 Å². The number of nitrogens with zero attached hydrogens (tertiary/aromatic N) is 2. The summed E-state index contributed by atoms with van der Waals surface area (Å²) in [4.78, 5) is 17.8. The second-order valence-corrected chi connectivity index (χ2v) is 6.51. The molecular weight excluding hydrogens is 360 g/mol. The van der Waals surface area contributed by atoms with Crippen molar-refractivity contribution in [3.8, 4) is 17.1 Å². The standard InChI is InChI=1S/C22H17ClN2O2/c23-17-12-10-16(11-13-17)21-24-20-9-5-4-8-19(20)22(26)25(21)14-15-27-18-6-2-1-3-7-18/h1-13H,14-15H2. The summed E-state index contributed by atoms with van der Waals surface area (Å²) in [5.41, 5.74) is 1.43. The van der Waals surface area contributed by atoms with Crippen LogP contribution in [0.4, 0.5) is 0 Å². The minimum absolute atomic E-state index is 0.0813. The van der Waals surface area contributed by atoms with Gasteiger partial charge in [0.15, 0.2) is 0 Å². The molecule has 5 heteroatoms. The maximum atomic E-state index is 13.1. The van der Waals surface area contributed by atoms with Crippen LogP contribution in [0.3, 0.4) is 0 Å². The monoisotopic (exact) mass is 376 g/mol. The fraction of sp³-hybridized carbons (Fsp3) is 0.0909. The Morgan fingerprint density at radius 2 is 1.59 bits per heavy atom. The van der Waals surface area contributed by atoms with Gasteiger partial charge in [-0.1, -0.05) is 41.9 Å². The summed E-state index contributed by atoms with van der Waals surface area (Å²) in [7, 11) is 0. The molecule has 3 aromatic carbocycles. The van der Waals surface area contributed by atoms with E-state index >= 15 is 0 Å². The summed E-state index contributed by atoms with van der Waals surface area (Å²) in [6, 6.07) is 24.2. The summed E-state index contributed by atoms with van der Waals surface area (Å²) in [5.74, 6) is 1.37. The number of ether oxygens (including phenoxy) is 1. The van der Waals surface area contributed by atoms with Crippen LogP contribution in [-0.2, 0) is 6.54 Å². The van der Waals surface area contributed by atoms with Crippen molar-refractivity contribution in [1.29, 1.82) is 0 Å². The van der Waals surface area contributed by atoms with Crippen molar-refractivity contribution in [2.75, 3.05) is 6.61 Å².